The van der Waals surface area contributed by atoms with E-state index in [1.807, 2.05) is 6.07 Å². The summed E-state index contributed by atoms with van der Waals surface area (Å²) < 4.78 is 45.7. The molecule has 1 heterocycles. The van der Waals surface area contributed by atoms with Crippen LogP contribution in [0.15, 0.2) is 60.7 Å². The van der Waals surface area contributed by atoms with Crippen LogP contribution in [0.4, 0.5) is 18.0 Å². The van der Waals surface area contributed by atoms with Crippen LogP contribution in [-0.4, -0.2) is 29.9 Å². The Morgan fingerprint density at radius 1 is 1.15 bits per heavy atom. The van der Waals surface area contributed by atoms with Crippen molar-refractivity contribution < 1.29 is 32.2 Å². The molecule has 2 aromatic rings. The van der Waals surface area contributed by atoms with Crippen LogP contribution < -0.4 is 4.74 Å². The third-order valence-corrected chi connectivity index (χ3v) is 3.80. The fraction of sp³-hybridized carbons (Fsp3) is 0.158. The summed E-state index contributed by atoms with van der Waals surface area (Å²) in [6, 6.07) is 13.5. The molecule has 0 saturated carbocycles. The van der Waals surface area contributed by atoms with Crippen molar-refractivity contribution in [1.82, 2.24) is 4.90 Å². The number of imide groups is 1. The highest BCUT2D eigenvalue weighted by molar-refractivity contribution is 6.02. The second-order valence-corrected chi connectivity index (χ2v) is 5.67. The number of rotatable bonds is 4. The van der Waals surface area contributed by atoms with Gasteiger partial charge in [0.1, 0.15) is 18.4 Å². The lowest BCUT2D eigenvalue weighted by molar-refractivity contribution is -0.274. The maximum Gasteiger partial charge on any atom is 0.573 e. The number of ether oxygens (including phenoxy) is 2. The van der Waals surface area contributed by atoms with E-state index in [1.54, 1.807) is 24.3 Å². The van der Waals surface area contributed by atoms with Gasteiger partial charge in [0.25, 0.3) is 5.91 Å². The van der Waals surface area contributed by atoms with Gasteiger partial charge in [0.2, 0.25) is 0 Å². The lowest BCUT2D eigenvalue weighted by atomic mass is 10.1. The number of nitrogens with zero attached hydrogens (tertiary/aromatic N) is 1. The lowest BCUT2D eigenvalue weighted by Gasteiger charge is -2.18. The Kier molecular flexibility index (Phi) is 5.16. The zero-order valence-corrected chi connectivity index (χ0v) is 13.8. The molecule has 1 unspecified atom stereocenters. The van der Waals surface area contributed by atoms with Crippen LogP contribution in [0, 0.1) is 0 Å². The Morgan fingerprint density at radius 2 is 1.89 bits per heavy atom. The number of halogens is 3. The molecule has 0 spiro atoms. The van der Waals surface area contributed by atoms with Gasteiger partial charge < -0.3 is 9.47 Å². The van der Waals surface area contributed by atoms with Crippen LogP contribution in [-0.2, 0) is 9.53 Å². The topological polar surface area (TPSA) is 55.8 Å². The van der Waals surface area contributed by atoms with E-state index < -0.39 is 30.2 Å². The van der Waals surface area contributed by atoms with Gasteiger partial charge in [-0.1, -0.05) is 42.5 Å². The number of carbonyl (C=O) groups is 2. The predicted molar refractivity (Wildman–Crippen MR) is 89.5 cm³/mol. The van der Waals surface area contributed by atoms with Crippen LogP contribution in [0.5, 0.6) is 5.75 Å². The van der Waals surface area contributed by atoms with E-state index in [1.165, 1.54) is 18.2 Å². The molecule has 27 heavy (non-hydrogen) atoms. The number of hydrogen-bond acceptors (Lipinski definition) is 4. The van der Waals surface area contributed by atoms with Gasteiger partial charge in [-0.15, -0.1) is 13.2 Å². The summed E-state index contributed by atoms with van der Waals surface area (Å²) in [5.74, 6) is -1.03. The average Bonchev–Trinajstić information content (AvgIpc) is 3.01. The van der Waals surface area contributed by atoms with Gasteiger partial charge in [-0.2, -0.15) is 0 Å². The fourth-order valence-corrected chi connectivity index (χ4v) is 2.65. The molecule has 1 aliphatic heterocycles. The standard InChI is InChI=1S/C19H14F3NO4/c20-19(21,22)27-15-8-4-5-13(11-15)9-10-17(24)23-16(12-26-18(23)25)14-6-2-1-3-7-14/h1-11,16H,12H2. The molecule has 1 fully saturated rings. The summed E-state index contributed by atoms with van der Waals surface area (Å²) in [6.07, 6.45) is -3.16. The van der Waals surface area contributed by atoms with Gasteiger partial charge in [0.15, 0.2) is 0 Å². The predicted octanol–water partition coefficient (Wildman–Crippen LogP) is 4.32. The summed E-state index contributed by atoms with van der Waals surface area (Å²) >= 11 is 0. The zero-order chi connectivity index (χ0) is 19.4. The maximum absolute atomic E-state index is 12.5. The Hall–Kier alpha value is -3.29. The summed E-state index contributed by atoms with van der Waals surface area (Å²) in [5.41, 5.74) is 1.06. The zero-order valence-electron chi connectivity index (χ0n) is 13.8. The fourth-order valence-electron chi connectivity index (χ4n) is 2.65. The van der Waals surface area contributed by atoms with Gasteiger partial charge in [-0.25, -0.2) is 9.69 Å². The largest absolute Gasteiger partial charge is 0.573 e. The van der Waals surface area contributed by atoms with Crippen molar-refractivity contribution >= 4 is 18.1 Å². The normalized spacial score (nSPS) is 17.2. The monoisotopic (exact) mass is 377 g/mol. The molecular weight excluding hydrogens is 363 g/mol. The summed E-state index contributed by atoms with van der Waals surface area (Å²) in [7, 11) is 0. The molecule has 1 atom stereocenters. The minimum absolute atomic E-state index is 0.0390. The average molecular weight is 377 g/mol. The van der Waals surface area contributed by atoms with Gasteiger partial charge in [-0.05, 0) is 29.3 Å². The minimum atomic E-state index is -4.81. The number of carbonyl (C=O) groups excluding carboxylic acids is 2. The second-order valence-electron chi connectivity index (χ2n) is 5.67. The van der Waals surface area contributed by atoms with Crippen molar-refractivity contribution in [2.24, 2.45) is 0 Å². The molecule has 8 heteroatoms. The van der Waals surface area contributed by atoms with E-state index in [2.05, 4.69) is 4.74 Å². The number of alkyl halides is 3. The van der Waals surface area contributed by atoms with Gasteiger partial charge in [-0.3, -0.25) is 4.79 Å². The van der Waals surface area contributed by atoms with Crippen LogP contribution in [0.2, 0.25) is 0 Å². The first-order valence-electron chi connectivity index (χ1n) is 7.92. The summed E-state index contributed by atoms with van der Waals surface area (Å²) in [6.45, 7) is 0.0390. The molecular formula is C19H14F3NO4. The van der Waals surface area contributed by atoms with Crippen LogP contribution >= 0.6 is 0 Å². The van der Waals surface area contributed by atoms with Crippen LogP contribution in [0.1, 0.15) is 17.2 Å². The van der Waals surface area contributed by atoms with Crippen LogP contribution in [0.3, 0.4) is 0 Å². The van der Waals surface area contributed by atoms with Crippen molar-refractivity contribution in [2.75, 3.05) is 6.61 Å². The molecule has 2 amide bonds. The van der Waals surface area contributed by atoms with Crippen molar-refractivity contribution in [1.29, 1.82) is 0 Å². The third-order valence-electron chi connectivity index (χ3n) is 3.80. The third kappa shape index (κ3) is 4.66. The van der Waals surface area contributed by atoms with E-state index >= 15 is 0 Å². The molecule has 5 nitrogen and oxygen atoms in total. The molecule has 140 valence electrons. The Bertz CT molecular complexity index is 865. The van der Waals surface area contributed by atoms with E-state index in [0.717, 1.165) is 28.7 Å². The Labute approximate surface area is 152 Å². The molecule has 1 saturated heterocycles. The molecule has 0 N–H and O–H groups in total. The first-order valence-corrected chi connectivity index (χ1v) is 7.92. The van der Waals surface area contributed by atoms with E-state index in [-0.39, 0.29) is 6.61 Å². The first kappa shape index (κ1) is 18.5. The molecule has 2 aromatic carbocycles. The Balaban J connectivity index is 1.76. The smallest absolute Gasteiger partial charge is 0.446 e. The van der Waals surface area contributed by atoms with E-state index in [9.17, 15) is 22.8 Å². The molecule has 0 aromatic heterocycles. The quantitative estimate of drug-likeness (QED) is 0.745. The SMILES string of the molecule is O=C(C=Cc1cccc(OC(F)(F)F)c1)N1C(=O)OCC1c1ccccc1. The van der Waals surface area contributed by atoms with Gasteiger partial charge in [0.05, 0.1) is 0 Å². The molecule has 0 aliphatic carbocycles. The van der Waals surface area contributed by atoms with Crippen molar-refractivity contribution in [3.8, 4) is 5.75 Å². The van der Waals surface area contributed by atoms with Crippen molar-refractivity contribution in [3.63, 3.8) is 0 Å². The minimum Gasteiger partial charge on any atom is -0.446 e. The van der Waals surface area contributed by atoms with Crippen molar-refractivity contribution in [3.05, 3.63) is 71.8 Å². The molecule has 0 bridgehead atoms. The maximum atomic E-state index is 12.5. The highest BCUT2D eigenvalue weighted by Crippen LogP contribution is 2.28. The lowest BCUT2D eigenvalue weighted by Crippen LogP contribution is -2.32. The Morgan fingerprint density at radius 3 is 2.59 bits per heavy atom. The van der Waals surface area contributed by atoms with Crippen molar-refractivity contribution in [2.45, 2.75) is 12.4 Å². The highest BCUT2D eigenvalue weighted by atomic mass is 19.4. The highest BCUT2D eigenvalue weighted by Gasteiger charge is 2.37. The second kappa shape index (κ2) is 7.53. The van der Waals surface area contributed by atoms with Gasteiger partial charge >= 0.3 is 12.5 Å². The summed E-state index contributed by atoms with van der Waals surface area (Å²) in [4.78, 5) is 25.4. The number of hydrogen-bond donors (Lipinski definition) is 0. The number of benzene rings is 2. The van der Waals surface area contributed by atoms with Crippen LogP contribution in [0.25, 0.3) is 6.08 Å². The van der Waals surface area contributed by atoms with Gasteiger partial charge in [0, 0.05) is 6.08 Å². The summed E-state index contributed by atoms with van der Waals surface area (Å²) in [5, 5.41) is 0. The molecule has 1 aliphatic rings. The van der Waals surface area contributed by atoms with E-state index in [4.69, 9.17) is 4.74 Å². The molecule has 0 radical (unpaired) electrons. The number of cyclic esters (lactones) is 1. The van der Waals surface area contributed by atoms with E-state index in [0.29, 0.717) is 5.56 Å². The first-order chi connectivity index (χ1) is 12.8. The molecule has 3 rings (SSSR count). The number of amides is 2.